The number of nitro benzene ring substituents is 1. The number of esters is 1. The molecule has 1 aromatic rings. The number of carbonyl (C=O) groups excluding carboxylic acids is 1. The molecule has 38 heavy (non-hydrogen) atoms. The van der Waals surface area contributed by atoms with E-state index in [1.807, 2.05) is 0 Å². The number of aliphatic carboxylic acids is 1. The Hall–Kier alpha value is -2.64. The molecule has 0 aliphatic heterocycles. The van der Waals surface area contributed by atoms with Gasteiger partial charge in [0.05, 0.1) is 10.3 Å². The minimum atomic E-state index is -0.884. The zero-order chi connectivity index (χ0) is 28.6. The Kier molecular flexibility index (Phi) is 15.6. The Labute approximate surface area is 228 Å². The minimum Gasteiger partial charge on any atom is -0.499 e. The van der Waals surface area contributed by atoms with E-state index in [4.69, 9.17) is 9.84 Å². The molecule has 0 aliphatic rings. The van der Waals surface area contributed by atoms with Crippen LogP contribution >= 0.6 is 0 Å². The molecule has 0 bridgehead atoms. The predicted octanol–water partition coefficient (Wildman–Crippen LogP) is 8.68. The van der Waals surface area contributed by atoms with E-state index in [1.165, 1.54) is 69.9 Å². The molecule has 1 aromatic carbocycles. The molecule has 1 unspecified atom stereocenters. The quantitative estimate of drug-likeness (QED) is 0.0562. The molecule has 0 aromatic heterocycles. The molecule has 0 heterocycles. The fraction of sp³-hybridized carbons (Fsp3) is 0.733. The first kappa shape index (κ1) is 33.4. The Morgan fingerprint density at radius 2 is 1.39 bits per heavy atom. The SMILES string of the molecule is CCCCCCCCCCCCCCC(CCCC(=O)O)c1cc(OC(=O)C(C)(C)C)c(O)c([N+](=O)[O-])c1. The van der Waals surface area contributed by atoms with Gasteiger partial charge in [0, 0.05) is 12.5 Å². The molecule has 0 amide bonds. The fourth-order valence-corrected chi connectivity index (χ4v) is 4.53. The van der Waals surface area contributed by atoms with Gasteiger partial charge in [0.25, 0.3) is 0 Å². The van der Waals surface area contributed by atoms with Gasteiger partial charge in [0.1, 0.15) is 0 Å². The van der Waals surface area contributed by atoms with E-state index in [1.54, 1.807) is 20.8 Å². The van der Waals surface area contributed by atoms with Crippen molar-refractivity contribution in [3.05, 3.63) is 27.8 Å². The van der Waals surface area contributed by atoms with Crippen LogP contribution in [0.3, 0.4) is 0 Å². The smallest absolute Gasteiger partial charge is 0.316 e. The summed E-state index contributed by atoms with van der Waals surface area (Å²) in [5.74, 6) is -2.53. The third-order valence-electron chi connectivity index (χ3n) is 6.91. The standard InChI is InChI=1S/C30H49NO7/c1-5-6-7-8-9-10-11-12-13-14-15-16-18-23(19-17-20-27(32)33)24-21-25(31(36)37)28(34)26(22-24)38-29(35)30(2,3)4/h21-23,34H,5-20H2,1-4H3,(H,32,33). The van der Waals surface area contributed by atoms with E-state index in [0.29, 0.717) is 18.4 Å². The van der Waals surface area contributed by atoms with Crippen LogP contribution in [0.5, 0.6) is 11.5 Å². The summed E-state index contributed by atoms with van der Waals surface area (Å²) < 4.78 is 5.36. The van der Waals surface area contributed by atoms with Crippen LogP contribution in [0.15, 0.2) is 12.1 Å². The number of hydrogen-bond acceptors (Lipinski definition) is 6. The average molecular weight is 536 g/mol. The molecule has 1 atom stereocenters. The zero-order valence-corrected chi connectivity index (χ0v) is 23.9. The lowest BCUT2D eigenvalue weighted by molar-refractivity contribution is -0.386. The normalized spacial score (nSPS) is 12.3. The summed E-state index contributed by atoms with van der Waals surface area (Å²) in [5, 5.41) is 31.1. The molecule has 0 saturated carbocycles. The van der Waals surface area contributed by atoms with E-state index in [9.17, 15) is 24.8 Å². The number of hydrogen-bond donors (Lipinski definition) is 2. The number of ether oxygens (including phenoxy) is 1. The molecule has 2 N–H and O–H groups in total. The predicted molar refractivity (Wildman–Crippen MR) is 150 cm³/mol. The van der Waals surface area contributed by atoms with Crippen LogP contribution in [0.2, 0.25) is 0 Å². The van der Waals surface area contributed by atoms with Gasteiger partial charge in [-0.05, 0) is 57.6 Å². The highest BCUT2D eigenvalue weighted by atomic mass is 16.6. The first-order valence-corrected chi connectivity index (χ1v) is 14.4. The van der Waals surface area contributed by atoms with E-state index >= 15 is 0 Å². The second-order valence-corrected chi connectivity index (χ2v) is 11.4. The number of rotatable bonds is 20. The molecule has 1 rings (SSSR count). The number of carboxylic acid groups (broad SMARTS) is 1. The number of nitro groups is 1. The van der Waals surface area contributed by atoms with Crippen molar-refractivity contribution in [3.8, 4) is 11.5 Å². The fourth-order valence-electron chi connectivity index (χ4n) is 4.53. The Bertz CT molecular complexity index is 876. The van der Waals surface area contributed by atoms with Crippen molar-refractivity contribution in [1.29, 1.82) is 0 Å². The summed E-state index contributed by atoms with van der Waals surface area (Å²) in [4.78, 5) is 34.4. The van der Waals surface area contributed by atoms with Crippen molar-refractivity contribution in [2.24, 2.45) is 5.41 Å². The van der Waals surface area contributed by atoms with Crippen LogP contribution in [0.4, 0.5) is 5.69 Å². The van der Waals surface area contributed by atoms with Gasteiger partial charge in [0.2, 0.25) is 5.75 Å². The van der Waals surface area contributed by atoms with Crippen molar-refractivity contribution in [3.63, 3.8) is 0 Å². The molecule has 8 heteroatoms. The molecule has 0 aliphatic carbocycles. The van der Waals surface area contributed by atoms with Crippen LogP contribution in [0.1, 0.15) is 142 Å². The van der Waals surface area contributed by atoms with Crippen LogP contribution < -0.4 is 4.74 Å². The third-order valence-corrected chi connectivity index (χ3v) is 6.91. The van der Waals surface area contributed by atoms with Gasteiger partial charge < -0.3 is 14.9 Å². The highest BCUT2D eigenvalue weighted by molar-refractivity contribution is 5.79. The van der Waals surface area contributed by atoms with E-state index in [-0.39, 0.29) is 18.1 Å². The summed E-state index contributed by atoms with van der Waals surface area (Å²) in [5.41, 5.74) is -0.788. The van der Waals surface area contributed by atoms with E-state index in [2.05, 4.69) is 6.92 Å². The van der Waals surface area contributed by atoms with Crippen molar-refractivity contribution >= 4 is 17.6 Å². The monoisotopic (exact) mass is 535 g/mol. The number of unbranched alkanes of at least 4 members (excludes halogenated alkanes) is 11. The van der Waals surface area contributed by atoms with Gasteiger partial charge in [-0.25, -0.2) is 0 Å². The Balaban J connectivity index is 2.79. The number of phenolic OH excluding ortho intramolecular Hbond substituents is 1. The van der Waals surface area contributed by atoms with Gasteiger partial charge in [-0.15, -0.1) is 0 Å². The number of aromatic hydroxyl groups is 1. The summed E-state index contributed by atoms with van der Waals surface area (Å²) >= 11 is 0. The van der Waals surface area contributed by atoms with Gasteiger partial charge in [0.15, 0.2) is 5.75 Å². The second kappa shape index (κ2) is 17.8. The lowest BCUT2D eigenvalue weighted by Gasteiger charge is -2.20. The lowest BCUT2D eigenvalue weighted by atomic mass is 9.87. The summed E-state index contributed by atoms with van der Waals surface area (Å²) in [6.07, 6.45) is 16.4. The van der Waals surface area contributed by atoms with Crippen molar-refractivity contribution in [1.82, 2.24) is 0 Å². The molecule has 216 valence electrons. The maximum Gasteiger partial charge on any atom is 0.316 e. The average Bonchev–Trinajstić information content (AvgIpc) is 2.83. The van der Waals surface area contributed by atoms with Crippen LogP contribution in [-0.2, 0) is 9.59 Å². The van der Waals surface area contributed by atoms with Gasteiger partial charge in [-0.3, -0.25) is 19.7 Å². The van der Waals surface area contributed by atoms with Gasteiger partial charge >= 0.3 is 17.6 Å². The first-order chi connectivity index (χ1) is 18.0. The maximum atomic E-state index is 12.4. The van der Waals surface area contributed by atoms with Gasteiger partial charge in [-0.2, -0.15) is 0 Å². The molecule has 8 nitrogen and oxygen atoms in total. The maximum absolute atomic E-state index is 12.4. The third kappa shape index (κ3) is 13.2. The van der Waals surface area contributed by atoms with Crippen LogP contribution in [-0.4, -0.2) is 27.1 Å². The summed E-state index contributed by atoms with van der Waals surface area (Å²) in [6, 6.07) is 2.83. The van der Waals surface area contributed by atoms with Crippen LogP contribution in [0, 0.1) is 15.5 Å². The topological polar surface area (TPSA) is 127 Å². The number of phenols is 1. The lowest BCUT2D eigenvalue weighted by Crippen LogP contribution is -2.25. The van der Waals surface area contributed by atoms with Crippen molar-refractivity contribution < 1.29 is 29.5 Å². The summed E-state index contributed by atoms with van der Waals surface area (Å²) in [7, 11) is 0. The first-order valence-electron chi connectivity index (χ1n) is 14.4. The zero-order valence-electron chi connectivity index (χ0n) is 23.9. The second-order valence-electron chi connectivity index (χ2n) is 11.4. The highest BCUT2D eigenvalue weighted by Gasteiger charge is 2.29. The number of nitrogens with zero attached hydrogens (tertiary/aromatic N) is 1. The van der Waals surface area contributed by atoms with Crippen LogP contribution in [0.25, 0.3) is 0 Å². The number of benzene rings is 1. The molecule has 0 fully saturated rings. The molecular formula is C30H49NO7. The minimum absolute atomic E-state index is 0.0149. The number of carbonyl (C=O) groups is 2. The molecule has 0 spiro atoms. The molecule has 0 radical (unpaired) electrons. The van der Waals surface area contributed by atoms with Gasteiger partial charge in [-0.1, -0.05) is 84.0 Å². The highest BCUT2D eigenvalue weighted by Crippen LogP contribution is 2.42. The van der Waals surface area contributed by atoms with Crippen molar-refractivity contribution in [2.75, 3.05) is 0 Å². The van der Waals surface area contributed by atoms with E-state index < -0.39 is 33.7 Å². The Morgan fingerprint density at radius 3 is 1.87 bits per heavy atom. The van der Waals surface area contributed by atoms with E-state index in [0.717, 1.165) is 25.7 Å². The summed E-state index contributed by atoms with van der Waals surface area (Å²) in [6.45, 7) is 7.21. The Morgan fingerprint density at radius 1 is 0.895 bits per heavy atom. The largest absolute Gasteiger partial charge is 0.499 e. The molecular weight excluding hydrogens is 486 g/mol. The van der Waals surface area contributed by atoms with Crippen molar-refractivity contribution in [2.45, 2.75) is 136 Å². The number of carboxylic acids is 1. The molecule has 0 saturated heterocycles.